The maximum Gasteiger partial charge on any atom is 0.417 e. The Morgan fingerprint density at radius 1 is 1.00 bits per heavy atom. The Bertz CT molecular complexity index is 1010. The van der Waals surface area contributed by atoms with Crippen molar-refractivity contribution in [2.24, 2.45) is 5.84 Å². The number of alkyl halides is 6. The molecule has 0 saturated carbocycles. The number of rotatable bonds is 4. The van der Waals surface area contributed by atoms with Gasteiger partial charge in [0.15, 0.2) is 0 Å². The summed E-state index contributed by atoms with van der Waals surface area (Å²) < 4.78 is 95.0. The number of nitrogens with one attached hydrogen (secondary N) is 1. The Labute approximate surface area is 185 Å². The van der Waals surface area contributed by atoms with E-state index in [9.17, 15) is 35.5 Å². The summed E-state index contributed by atoms with van der Waals surface area (Å²) in [4.78, 5) is 11.5. The van der Waals surface area contributed by atoms with E-state index < -0.39 is 52.3 Å². The lowest BCUT2D eigenvalue weighted by molar-refractivity contribution is -0.140. The fourth-order valence-corrected chi connectivity index (χ4v) is 3.19. The van der Waals surface area contributed by atoms with E-state index in [4.69, 9.17) is 40.6 Å². The zero-order valence-corrected chi connectivity index (χ0v) is 17.1. The van der Waals surface area contributed by atoms with Crippen molar-refractivity contribution in [1.82, 2.24) is 5.43 Å². The van der Waals surface area contributed by atoms with Gasteiger partial charge in [-0.15, -0.1) is 0 Å². The average Bonchev–Trinajstić information content (AvgIpc) is 2.67. The first kappa shape index (κ1) is 25.3. The molecule has 0 heterocycles. The van der Waals surface area contributed by atoms with Crippen LogP contribution in [0.15, 0.2) is 36.4 Å². The summed E-state index contributed by atoms with van der Waals surface area (Å²) in [7, 11) is 0. The number of nitrogens with two attached hydrogens (primary N) is 1. The monoisotopic (exact) mass is 508 g/mol. The van der Waals surface area contributed by atoms with Crippen LogP contribution in [0.2, 0.25) is 15.1 Å². The summed E-state index contributed by atoms with van der Waals surface area (Å²) >= 11 is 17.2. The second-order valence-electron chi connectivity index (χ2n) is 6.06. The quantitative estimate of drug-likeness (QED) is 0.154. The van der Waals surface area contributed by atoms with Crippen LogP contribution in [0.5, 0.6) is 0 Å². The number of carbonyl (C=O) groups excluding carboxylic acids is 1. The number of hydrogen-bond acceptors (Lipinski definition) is 2. The lowest BCUT2D eigenvalue weighted by Crippen LogP contribution is -2.31. The third-order valence-electron chi connectivity index (χ3n) is 4.01. The van der Waals surface area contributed by atoms with Crippen LogP contribution in [0.3, 0.4) is 0 Å². The highest BCUT2D eigenvalue weighted by molar-refractivity contribution is 6.48. The molecule has 2 rings (SSSR count). The molecule has 0 bridgehead atoms. The molecular weight excluding hydrogens is 500 g/mol. The lowest BCUT2D eigenvalue weighted by Gasteiger charge is -2.19. The van der Waals surface area contributed by atoms with Crippen molar-refractivity contribution in [2.45, 2.75) is 18.3 Å². The van der Waals surface area contributed by atoms with Crippen molar-refractivity contribution in [1.29, 1.82) is 0 Å². The second kappa shape index (κ2) is 9.23. The van der Waals surface area contributed by atoms with Gasteiger partial charge in [-0.25, -0.2) is 10.2 Å². The summed E-state index contributed by atoms with van der Waals surface area (Å²) in [5, 5.41) is -0.881. The number of hydrogen-bond donors (Lipinski definition) is 2. The Hall–Kier alpha value is -2.01. The van der Waals surface area contributed by atoms with Gasteiger partial charge < -0.3 is 0 Å². The smallest absolute Gasteiger partial charge is 0.290 e. The molecule has 3 nitrogen and oxygen atoms in total. The molecule has 0 aliphatic heterocycles. The van der Waals surface area contributed by atoms with E-state index in [2.05, 4.69) is 0 Å². The van der Waals surface area contributed by atoms with E-state index in [0.717, 1.165) is 12.1 Å². The van der Waals surface area contributed by atoms with Gasteiger partial charge in [-0.3, -0.25) is 10.2 Å². The first-order chi connectivity index (χ1) is 14.2. The van der Waals surface area contributed by atoms with Crippen LogP contribution in [0.4, 0.5) is 30.7 Å². The Balaban J connectivity index is 2.62. The number of allylic oxidation sites excluding steroid dienone is 1. The molecule has 0 aliphatic carbocycles. The predicted molar refractivity (Wildman–Crippen MR) is 102 cm³/mol. The maximum atomic E-state index is 14.6. The van der Waals surface area contributed by atoms with E-state index >= 15 is 0 Å². The molecular formula is C18H10Cl3F7N2O. The Morgan fingerprint density at radius 2 is 1.55 bits per heavy atom. The van der Waals surface area contributed by atoms with Crippen molar-refractivity contribution < 1.29 is 35.5 Å². The first-order valence-electron chi connectivity index (χ1n) is 7.97. The number of benzene rings is 2. The third-order valence-corrected chi connectivity index (χ3v) is 5.20. The van der Waals surface area contributed by atoms with Crippen LogP contribution in [0.1, 0.15) is 33.0 Å². The van der Waals surface area contributed by atoms with Crippen molar-refractivity contribution in [3.05, 3.63) is 73.7 Å². The van der Waals surface area contributed by atoms with E-state index in [0.29, 0.717) is 12.1 Å². The van der Waals surface area contributed by atoms with Gasteiger partial charge in [0.2, 0.25) is 0 Å². The third kappa shape index (κ3) is 5.82. The SMILES string of the molecule is NNC(=O)c1ccc(C(F)=CC(c2cc(Cl)c(Cl)c(Cl)c2)C(F)(F)F)cc1C(F)(F)F. The largest absolute Gasteiger partial charge is 0.417 e. The molecule has 0 fully saturated rings. The maximum absolute atomic E-state index is 14.6. The number of amides is 1. The zero-order chi connectivity index (χ0) is 23.7. The molecule has 0 spiro atoms. The topological polar surface area (TPSA) is 55.1 Å². The molecule has 2 aromatic carbocycles. The van der Waals surface area contributed by atoms with Crippen LogP contribution >= 0.6 is 34.8 Å². The van der Waals surface area contributed by atoms with Gasteiger partial charge in [0.1, 0.15) is 11.7 Å². The van der Waals surface area contributed by atoms with Gasteiger partial charge in [-0.1, -0.05) is 40.9 Å². The Kier molecular flexibility index (Phi) is 7.52. The highest BCUT2D eigenvalue weighted by Gasteiger charge is 2.41. The van der Waals surface area contributed by atoms with Gasteiger partial charge in [0, 0.05) is 5.56 Å². The highest BCUT2D eigenvalue weighted by atomic mass is 35.5. The number of halogens is 10. The van der Waals surface area contributed by atoms with Crippen molar-refractivity contribution in [2.75, 3.05) is 0 Å². The molecule has 1 unspecified atom stereocenters. The van der Waals surface area contributed by atoms with Gasteiger partial charge in [-0.05, 0) is 35.9 Å². The van der Waals surface area contributed by atoms with Crippen LogP contribution in [0.25, 0.3) is 5.83 Å². The van der Waals surface area contributed by atoms with Crippen LogP contribution in [-0.4, -0.2) is 12.1 Å². The standard InChI is InChI=1S/C18H10Cl3F7N2O/c19-12-4-8(5-13(20)15(12)21)10(17(23,24)25)6-14(22)7-1-2-9(16(31)30-29)11(3-7)18(26,27)28/h1-6,10H,29H2,(H,30,31). The average molecular weight is 510 g/mol. The molecule has 0 saturated heterocycles. The number of carbonyl (C=O) groups is 1. The molecule has 168 valence electrons. The van der Waals surface area contributed by atoms with Crippen LogP contribution in [0, 0.1) is 0 Å². The first-order valence-corrected chi connectivity index (χ1v) is 9.11. The highest BCUT2D eigenvalue weighted by Crippen LogP contribution is 2.42. The van der Waals surface area contributed by atoms with E-state index in [-0.39, 0.29) is 27.2 Å². The molecule has 0 radical (unpaired) electrons. The Morgan fingerprint density at radius 3 is 2.00 bits per heavy atom. The van der Waals surface area contributed by atoms with Crippen molar-refractivity contribution in [3.8, 4) is 0 Å². The van der Waals surface area contributed by atoms with Gasteiger partial charge in [0.25, 0.3) is 5.91 Å². The molecule has 1 atom stereocenters. The zero-order valence-electron chi connectivity index (χ0n) is 14.8. The normalized spacial score (nSPS) is 13.8. The number of hydrazine groups is 1. The fraction of sp³-hybridized carbons (Fsp3) is 0.167. The molecule has 13 heteroatoms. The summed E-state index contributed by atoms with van der Waals surface area (Å²) in [5.41, 5.74) is -2.45. The van der Waals surface area contributed by atoms with Gasteiger partial charge >= 0.3 is 12.4 Å². The van der Waals surface area contributed by atoms with E-state index in [1.165, 1.54) is 5.43 Å². The summed E-state index contributed by atoms with van der Waals surface area (Å²) in [5.74, 6) is -0.739. The fourth-order valence-electron chi connectivity index (χ4n) is 2.58. The molecule has 0 aromatic heterocycles. The molecule has 2 aromatic rings. The van der Waals surface area contributed by atoms with Gasteiger partial charge in [-0.2, -0.15) is 26.3 Å². The lowest BCUT2D eigenvalue weighted by atomic mass is 9.95. The van der Waals surface area contributed by atoms with Gasteiger partial charge in [0.05, 0.1) is 26.2 Å². The molecule has 1 amide bonds. The second-order valence-corrected chi connectivity index (χ2v) is 7.26. The molecule has 0 aliphatic rings. The minimum absolute atomic E-state index is 0.0636. The van der Waals surface area contributed by atoms with Crippen LogP contribution in [-0.2, 0) is 6.18 Å². The van der Waals surface area contributed by atoms with E-state index in [1.54, 1.807) is 0 Å². The van der Waals surface area contributed by atoms with Crippen molar-refractivity contribution >= 4 is 46.5 Å². The number of nitrogen functional groups attached to an aromatic ring is 1. The predicted octanol–water partition coefficient (Wildman–Crippen LogP) is 6.93. The molecule has 3 N–H and O–H groups in total. The minimum atomic E-state index is -5.11. The van der Waals surface area contributed by atoms with Crippen molar-refractivity contribution in [3.63, 3.8) is 0 Å². The minimum Gasteiger partial charge on any atom is -0.290 e. The van der Waals surface area contributed by atoms with Crippen LogP contribution < -0.4 is 11.3 Å². The summed E-state index contributed by atoms with van der Waals surface area (Å²) in [6.45, 7) is 0. The summed E-state index contributed by atoms with van der Waals surface area (Å²) in [6, 6.07) is 3.13. The molecule has 31 heavy (non-hydrogen) atoms. The van der Waals surface area contributed by atoms with E-state index in [1.807, 2.05) is 0 Å². The summed E-state index contributed by atoms with van der Waals surface area (Å²) in [6.07, 6.45) is -10.1.